The van der Waals surface area contributed by atoms with Crippen LogP contribution >= 0.6 is 0 Å². The molecule has 3 rings (SSSR count). The van der Waals surface area contributed by atoms with Crippen LogP contribution in [0.1, 0.15) is 64.6 Å². The summed E-state index contributed by atoms with van der Waals surface area (Å²) in [7, 11) is 0. The van der Waals surface area contributed by atoms with Crippen LogP contribution in [0.15, 0.2) is 18.3 Å². The van der Waals surface area contributed by atoms with Crippen molar-refractivity contribution in [1.29, 1.82) is 0 Å². The van der Waals surface area contributed by atoms with Crippen molar-refractivity contribution in [2.45, 2.75) is 65.8 Å². The molecule has 1 aromatic rings. The summed E-state index contributed by atoms with van der Waals surface area (Å²) in [5.74, 6) is 1.32. The Labute approximate surface area is 129 Å². The summed E-state index contributed by atoms with van der Waals surface area (Å²) in [5.41, 5.74) is 3.69. The molecule has 116 valence electrons. The summed E-state index contributed by atoms with van der Waals surface area (Å²) in [5, 5.41) is 3.83. The Morgan fingerprint density at radius 3 is 2.62 bits per heavy atom. The monoisotopic (exact) mass is 286 g/mol. The van der Waals surface area contributed by atoms with Gasteiger partial charge in [0, 0.05) is 23.9 Å². The van der Waals surface area contributed by atoms with Crippen molar-refractivity contribution in [1.82, 2.24) is 10.3 Å². The minimum atomic E-state index is 0.423. The van der Waals surface area contributed by atoms with Crippen LogP contribution in [0.4, 0.5) is 0 Å². The predicted molar refractivity (Wildman–Crippen MR) is 88.4 cm³/mol. The highest BCUT2D eigenvalue weighted by Gasteiger charge is 2.68. The van der Waals surface area contributed by atoms with Gasteiger partial charge < -0.3 is 5.32 Å². The Balaban J connectivity index is 1.93. The Morgan fingerprint density at radius 1 is 1.29 bits per heavy atom. The molecule has 2 aliphatic carbocycles. The molecule has 0 aliphatic heterocycles. The molecule has 1 heterocycles. The fourth-order valence-corrected chi connectivity index (χ4v) is 4.87. The van der Waals surface area contributed by atoms with Crippen LogP contribution in [0.5, 0.6) is 0 Å². The zero-order valence-corrected chi connectivity index (χ0v) is 14.2. The molecule has 2 heteroatoms. The normalized spacial score (nSPS) is 28.0. The lowest BCUT2D eigenvalue weighted by atomic mass is 9.78. The minimum Gasteiger partial charge on any atom is -0.313 e. The first-order valence-electron chi connectivity index (χ1n) is 8.58. The van der Waals surface area contributed by atoms with Gasteiger partial charge in [0.15, 0.2) is 0 Å². The number of hydrogen-bond donors (Lipinski definition) is 1. The van der Waals surface area contributed by atoms with Gasteiger partial charge >= 0.3 is 0 Å². The maximum absolute atomic E-state index is 4.77. The summed E-state index contributed by atoms with van der Waals surface area (Å²) < 4.78 is 0. The first kappa shape index (κ1) is 15.0. The third kappa shape index (κ3) is 2.23. The fourth-order valence-electron chi connectivity index (χ4n) is 4.87. The summed E-state index contributed by atoms with van der Waals surface area (Å²) >= 11 is 0. The number of aryl methyl sites for hydroxylation is 1. The molecule has 1 N–H and O–H groups in total. The molecule has 2 nitrogen and oxygen atoms in total. The molecule has 21 heavy (non-hydrogen) atoms. The largest absolute Gasteiger partial charge is 0.313 e. The van der Waals surface area contributed by atoms with Crippen LogP contribution in [0.3, 0.4) is 0 Å². The minimum absolute atomic E-state index is 0.423. The molecule has 0 bridgehead atoms. The SMILES string of the molecule is CCNC(C1CCCc2cccnc21)C1C(C)(C)C1(C)C. The lowest BCUT2D eigenvalue weighted by Gasteiger charge is -2.33. The Kier molecular flexibility index (Phi) is 3.64. The average molecular weight is 286 g/mol. The number of pyridine rings is 1. The Bertz CT molecular complexity index is 504. The summed E-state index contributed by atoms with van der Waals surface area (Å²) in [4.78, 5) is 4.77. The smallest absolute Gasteiger partial charge is 0.0482 e. The topological polar surface area (TPSA) is 24.9 Å². The fraction of sp³-hybridized carbons (Fsp3) is 0.737. The van der Waals surface area contributed by atoms with Crippen molar-refractivity contribution in [3.63, 3.8) is 0 Å². The van der Waals surface area contributed by atoms with Crippen LogP contribution in [0.25, 0.3) is 0 Å². The molecule has 2 unspecified atom stereocenters. The molecule has 1 fully saturated rings. The van der Waals surface area contributed by atoms with Crippen molar-refractivity contribution in [3.05, 3.63) is 29.6 Å². The Hall–Kier alpha value is -0.890. The predicted octanol–water partition coefficient (Wildman–Crippen LogP) is 4.16. The van der Waals surface area contributed by atoms with Crippen LogP contribution in [0, 0.1) is 16.7 Å². The van der Waals surface area contributed by atoms with Gasteiger partial charge in [0.25, 0.3) is 0 Å². The van der Waals surface area contributed by atoms with Crippen LogP contribution in [-0.4, -0.2) is 17.6 Å². The molecule has 2 atom stereocenters. The summed E-state index contributed by atoms with van der Waals surface area (Å²) in [6.07, 6.45) is 5.77. The number of hydrogen-bond acceptors (Lipinski definition) is 2. The quantitative estimate of drug-likeness (QED) is 0.899. The summed E-state index contributed by atoms with van der Waals surface area (Å²) in [6, 6.07) is 4.93. The van der Waals surface area contributed by atoms with E-state index in [1.165, 1.54) is 30.5 Å². The van der Waals surface area contributed by atoms with Crippen molar-refractivity contribution < 1.29 is 0 Å². The molecule has 0 spiro atoms. The van der Waals surface area contributed by atoms with Crippen molar-refractivity contribution in [2.24, 2.45) is 16.7 Å². The molecule has 0 amide bonds. The molecule has 0 radical (unpaired) electrons. The number of nitrogens with zero attached hydrogens (tertiary/aromatic N) is 1. The third-order valence-corrected chi connectivity index (χ3v) is 6.60. The maximum Gasteiger partial charge on any atom is 0.0482 e. The molecule has 1 saturated carbocycles. The van der Waals surface area contributed by atoms with E-state index in [9.17, 15) is 0 Å². The standard InChI is InChI=1S/C19H30N2/c1-6-20-16(17-18(2,3)19(17,4)5)14-11-7-9-13-10-8-12-21-15(13)14/h8,10,12,14,16-17,20H,6-7,9,11H2,1-5H3. The molecule has 1 aromatic heterocycles. The number of aromatic nitrogens is 1. The van der Waals surface area contributed by atoms with E-state index in [1.807, 2.05) is 6.20 Å². The van der Waals surface area contributed by atoms with Crippen LogP contribution in [0.2, 0.25) is 0 Å². The van der Waals surface area contributed by atoms with Crippen molar-refractivity contribution in [3.8, 4) is 0 Å². The van der Waals surface area contributed by atoms with Gasteiger partial charge in [-0.25, -0.2) is 0 Å². The molecule has 2 aliphatic rings. The number of fused-ring (bicyclic) bond motifs is 1. The van der Waals surface area contributed by atoms with Crippen LogP contribution in [-0.2, 0) is 6.42 Å². The lowest BCUT2D eigenvalue weighted by molar-refractivity contribution is 0.318. The average Bonchev–Trinajstić information content (AvgIpc) is 2.86. The lowest BCUT2D eigenvalue weighted by Crippen LogP contribution is -2.40. The molecular weight excluding hydrogens is 256 g/mol. The van der Waals surface area contributed by atoms with Gasteiger partial charge in [-0.05, 0) is 54.2 Å². The first-order chi connectivity index (χ1) is 9.91. The number of likely N-dealkylation sites (N-methyl/N-ethyl adjacent to an activating group) is 1. The van der Waals surface area contributed by atoms with E-state index in [0.717, 1.165) is 12.5 Å². The van der Waals surface area contributed by atoms with Gasteiger partial charge in [-0.2, -0.15) is 0 Å². The van der Waals surface area contributed by atoms with Gasteiger partial charge in [0.2, 0.25) is 0 Å². The highest BCUT2D eigenvalue weighted by Crippen LogP contribution is 2.71. The van der Waals surface area contributed by atoms with Gasteiger partial charge in [-0.3, -0.25) is 4.98 Å². The van der Waals surface area contributed by atoms with E-state index in [0.29, 0.717) is 22.8 Å². The molecular formula is C19H30N2. The van der Waals surface area contributed by atoms with Gasteiger partial charge in [0.1, 0.15) is 0 Å². The highest BCUT2D eigenvalue weighted by atomic mass is 15.0. The zero-order valence-electron chi connectivity index (χ0n) is 14.2. The van der Waals surface area contributed by atoms with Gasteiger partial charge in [-0.15, -0.1) is 0 Å². The second-order valence-corrected chi connectivity index (χ2v) is 8.05. The second kappa shape index (κ2) is 5.08. The first-order valence-corrected chi connectivity index (χ1v) is 8.58. The summed E-state index contributed by atoms with van der Waals surface area (Å²) in [6.45, 7) is 13.0. The van der Waals surface area contributed by atoms with Crippen molar-refractivity contribution in [2.75, 3.05) is 6.54 Å². The van der Waals surface area contributed by atoms with E-state index in [2.05, 4.69) is 52.1 Å². The zero-order chi connectivity index (χ0) is 15.3. The van der Waals surface area contributed by atoms with E-state index >= 15 is 0 Å². The molecule has 0 saturated heterocycles. The third-order valence-electron chi connectivity index (χ3n) is 6.60. The Morgan fingerprint density at radius 2 is 2.00 bits per heavy atom. The second-order valence-electron chi connectivity index (χ2n) is 8.05. The van der Waals surface area contributed by atoms with E-state index in [-0.39, 0.29) is 0 Å². The van der Waals surface area contributed by atoms with Crippen molar-refractivity contribution >= 4 is 0 Å². The van der Waals surface area contributed by atoms with E-state index in [4.69, 9.17) is 4.98 Å². The van der Waals surface area contributed by atoms with Gasteiger partial charge in [-0.1, -0.05) is 40.7 Å². The van der Waals surface area contributed by atoms with E-state index < -0.39 is 0 Å². The van der Waals surface area contributed by atoms with Crippen LogP contribution < -0.4 is 5.32 Å². The van der Waals surface area contributed by atoms with Gasteiger partial charge in [0.05, 0.1) is 0 Å². The highest BCUT2D eigenvalue weighted by molar-refractivity contribution is 5.30. The maximum atomic E-state index is 4.77. The number of nitrogens with one attached hydrogen (secondary N) is 1. The number of rotatable bonds is 4. The van der Waals surface area contributed by atoms with E-state index in [1.54, 1.807) is 0 Å². The molecule has 0 aromatic carbocycles.